The van der Waals surface area contributed by atoms with E-state index in [9.17, 15) is 85.9 Å². The van der Waals surface area contributed by atoms with Crippen molar-refractivity contribution in [1.82, 2.24) is 0 Å². The van der Waals surface area contributed by atoms with Gasteiger partial charge in [-0.05, 0) is 93.8 Å². The predicted molar refractivity (Wildman–Crippen MR) is 321 cm³/mol. The lowest BCUT2D eigenvalue weighted by atomic mass is 9.41. The van der Waals surface area contributed by atoms with Crippen LogP contribution in [0.15, 0.2) is 11.6 Å². The summed E-state index contributed by atoms with van der Waals surface area (Å²) in [6.45, 7) is 9.84. The van der Waals surface area contributed by atoms with E-state index in [0.717, 1.165) is 0 Å². The average Bonchev–Trinajstić information content (AvgIpc) is 1.52. The van der Waals surface area contributed by atoms with Crippen molar-refractivity contribution in [3.63, 3.8) is 0 Å². The molecule has 7 saturated heterocycles. The molecule has 97 heavy (non-hydrogen) atoms. The Morgan fingerprint density at radius 2 is 1.09 bits per heavy atom. The van der Waals surface area contributed by atoms with Crippen LogP contribution in [0.2, 0.25) is 0 Å². The zero-order valence-electron chi connectivity index (χ0n) is 56.1. The Hall–Kier alpha value is -2.57. The maximum Gasteiger partial charge on any atom is 0.314 e. The van der Waals surface area contributed by atoms with Gasteiger partial charge in [0.05, 0.1) is 56.6 Å². The predicted octanol–water partition coefficient (Wildman–Crippen LogP) is -4.25. The van der Waals surface area contributed by atoms with Crippen LogP contribution >= 0.6 is 0 Å². The highest BCUT2D eigenvalue weighted by Gasteiger charge is 2.79. The molecule has 0 radical (unpaired) electrons. The van der Waals surface area contributed by atoms with Gasteiger partial charge in [0.25, 0.3) is 0 Å². The molecule has 7 heterocycles. The maximum atomic E-state index is 14.5. The molecular formula is C65H102O32. The third-order valence-corrected chi connectivity index (χ3v) is 23.9. The van der Waals surface area contributed by atoms with Gasteiger partial charge in [0.1, 0.15) is 145 Å². The number of hydrogen-bond acceptors (Lipinski definition) is 32. The molecule has 0 aromatic rings. The first-order valence-corrected chi connectivity index (χ1v) is 33.9. The van der Waals surface area contributed by atoms with E-state index in [-0.39, 0.29) is 35.8 Å². The Balaban J connectivity index is 0.828. The minimum absolute atomic E-state index is 0.00621. The van der Waals surface area contributed by atoms with Gasteiger partial charge in [0.15, 0.2) is 37.7 Å². The van der Waals surface area contributed by atoms with Gasteiger partial charge in [-0.15, -0.1) is 0 Å². The fraction of sp³-hybridized carbons (Fsp3) is 0.923. The summed E-state index contributed by atoms with van der Waals surface area (Å²) in [7, 11) is 2.38. The molecule has 11 aliphatic rings. The fourth-order valence-corrected chi connectivity index (χ4v) is 18.7. The third kappa shape index (κ3) is 13.1. The summed E-state index contributed by atoms with van der Waals surface area (Å²) in [6.07, 6.45) is -40.7. The number of rotatable bonds is 21. The zero-order valence-corrected chi connectivity index (χ0v) is 56.1. The molecule has 36 atom stereocenters. The number of hydrogen-bond donors (Lipinski definition) is 14. The number of ketones is 2. The number of carbonyl (C=O) groups excluding carboxylic acids is 3. The van der Waals surface area contributed by atoms with Crippen molar-refractivity contribution in [3.8, 4) is 0 Å². The van der Waals surface area contributed by atoms with Crippen molar-refractivity contribution in [2.75, 3.05) is 47.3 Å². The van der Waals surface area contributed by atoms with Crippen molar-refractivity contribution in [3.05, 3.63) is 11.6 Å². The Morgan fingerprint density at radius 1 is 0.567 bits per heavy atom. The normalized spacial score (nSPS) is 52.1. The van der Waals surface area contributed by atoms with Crippen molar-refractivity contribution < 1.29 is 157 Å². The average molecular weight is 1400 g/mol. The molecule has 3 saturated carbocycles. The number of aliphatic hydroxyl groups is 14. The molecular weight excluding hydrogens is 1290 g/mol. The number of ether oxygens (including phenoxy) is 15. The van der Waals surface area contributed by atoms with Crippen LogP contribution in [0.5, 0.6) is 0 Å². The van der Waals surface area contributed by atoms with Crippen LogP contribution < -0.4 is 0 Å². The number of esters is 1. The van der Waals surface area contributed by atoms with E-state index in [1.807, 2.05) is 6.92 Å². The summed E-state index contributed by atoms with van der Waals surface area (Å²) in [6, 6.07) is 0. The van der Waals surface area contributed by atoms with Gasteiger partial charge in [-0.1, -0.05) is 39.3 Å². The molecule has 14 N–H and O–H groups in total. The van der Waals surface area contributed by atoms with E-state index in [0.29, 0.717) is 51.4 Å². The highest BCUT2D eigenvalue weighted by Crippen LogP contribution is 2.75. The second-order valence-corrected chi connectivity index (χ2v) is 29.9. The number of methoxy groups -OCH3 is 2. The minimum Gasteiger partial charge on any atom is -0.458 e. The maximum absolute atomic E-state index is 14.5. The summed E-state index contributed by atoms with van der Waals surface area (Å²) in [4.78, 5) is 40.9. The SMILES string of the molecule is CO[C@@H]1[C@@H](O)[C@H](O[C@@H]2[C@@H](O)[C@H](O[C@@H]3CO[C@@H](O[C@H]4CC[C@]5(C)C6=CC[C@]78C(=O)O[C@@](C)(CCCC(C)=O)[C@H]7C(=O)C[C@@]8(C)[C@@H]6CC[C@H]5C4(C)C)[C@H](O[C@@H]4O[C@H](C)[C@@H](O[C@@H]5OC[C@@H](O)[C@H](O[C@@H]6O[C@H](CO)[C@@H](O)[C@H](OC)[C@H]6O)[C@H]5O)[C@H](O)[C@H]4O)[C@H]3O)O[C@H](CO)[C@H]2O)O[C@H](CO)[C@H]1O. The lowest BCUT2D eigenvalue weighted by Crippen LogP contribution is -2.67. The van der Waals surface area contributed by atoms with E-state index in [1.165, 1.54) is 33.6 Å². The zero-order chi connectivity index (χ0) is 70.5. The number of fused-ring (bicyclic) bond motifs is 4. The summed E-state index contributed by atoms with van der Waals surface area (Å²) in [5.41, 5.74) is -2.87. The standard InChI is InChI=1S/C65H102O32/c1-25(69)11-10-16-64(7)53-29(70)19-63(6)28-12-13-35-61(3,4)36(15-17-62(35,5)27(28)14-18-65(53,63)60(82)97-64)92-59-52(40(75)34(24-86-59)91-56-46(81)51(39(74)33(22-68)88-56)95-58-45(80)50(84-9)38(73)32(21-67)90-58)96-55-42(77)41(76)47(26(2)87-55)93-54-43(78)48(30(71)23-85-54)94-57-44(79)49(83-8)37(72)31(20-66)89-57/h14,26,28,30-59,66-68,71-81H,10-13,15-24H2,1-9H3/t26-,28-,30-,31-,32-,33-,34-,35+,36+,37-,38-,39-,40+,41-,42-,43-,44-,45-,46-,47-,48+,49+,50+,51+,52-,53-,54+,55+,56+,57+,58+,59+,62-,63+,64+,65-/m1/s1. The van der Waals surface area contributed by atoms with Gasteiger partial charge in [0.2, 0.25) is 0 Å². The monoisotopic (exact) mass is 1390 g/mol. The summed E-state index contributed by atoms with van der Waals surface area (Å²) >= 11 is 0. The molecule has 32 heteroatoms. The second kappa shape index (κ2) is 29.2. The van der Waals surface area contributed by atoms with Crippen molar-refractivity contribution >= 4 is 17.5 Å². The van der Waals surface area contributed by atoms with E-state index in [4.69, 9.17) is 71.1 Å². The topological polar surface area (TPSA) is 473 Å². The van der Waals surface area contributed by atoms with Crippen LogP contribution in [-0.2, 0) is 85.4 Å². The van der Waals surface area contributed by atoms with Crippen LogP contribution in [0.25, 0.3) is 0 Å². The van der Waals surface area contributed by atoms with Gasteiger partial charge >= 0.3 is 5.97 Å². The Labute approximate surface area is 561 Å². The van der Waals surface area contributed by atoms with E-state index >= 15 is 0 Å². The van der Waals surface area contributed by atoms with Crippen LogP contribution in [0.3, 0.4) is 0 Å². The van der Waals surface area contributed by atoms with Crippen molar-refractivity contribution in [2.45, 2.75) is 290 Å². The summed E-state index contributed by atoms with van der Waals surface area (Å²) < 4.78 is 89.7. The molecule has 0 aromatic carbocycles. The van der Waals surface area contributed by atoms with E-state index < -0.39 is 244 Å². The van der Waals surface area contributed by atoms with Crippen molar-refractivity contribution in [2.24, 2.45) is 39.4 Å². The highest BCUT2D eigenvalue weighted by atomic mass is 16.8. The summed E-state index contributed by atoms with van der Waals surface area (Å²) in [5.74, 6) is -1.25. The van der Waals surface area contributed by atoms with Crippen LogP contribution in [0.4, 0.5) is 0 Å². The molecule has 4 aliphatic carbocycles. The first-order valence-electron chi connectivity index (χ1n) is 33.9. The van der Waals surface area contributed by atoms with Crippen LogP contribution in [0, 0.1) is 39.4 Å². The van der Waals surface area contributed by atoms with Gasteiger partial charge in [-0.3, -0.25) is 9.59 Å². The Morgan fingerprint density at radius 3 is 1.68 bits per heavy atom. The van der Waals surface area contributed by atoms with Crippen molar-refractivity contribution in [1.29, 1.82) is 0 Å². The van der Waals surface area contributed by atoms with Gasteiger partial charge in [0, 0.05) is 27.1 Å². The largest absolute Gasteiger partial charge is 0.458 e. The molecule has 0 unspecified atom stereocenters. The fourth-order valence-electron chi connectivity index (χ4n) is 18.7. The molecule has 11 rings (SSSR count). The minimum atomic E-state index is -2.04. The molecule has 1 spiro atoms. The third-order valence-electron chi connectivity index (χ3n) is 23.9. The molecule has 554 valence electrons. The number of Topliss-reactive ketones (excluding diaryl/α,β-unsaturated/α-hetero) is 2. The Bertz CT molecular complexity index is 2780. The van der Waals surface area contributed by atoms with Crippen LogP contribution in [0.1, 0.15) is 106 Å². The van der Waals surface area contributed by atoms with Gasteiger partial charge in [-0.25, -0.2) is 0 Å². The number of cyclic esters (lactones) is 1. The van der Waals surface area contributed by atoms with Crippen LogP contribution in [-0.4, -0.2) is 320 Å². The number of allylic oxidation sites excluding steroid dienone is 2. The number of carbonyl (C=O) groups is 3. The smallest absolute Gasteiger partial charge is 0.314 e. The molecule has 0 amide bonds. The van der Waals surface area contributed by atoms with Gasteiger partial charge in [-0.2, -0.15) is 0 Å². The molecule has 0 bridgehead atoms. The number of aliphatic hydroxyl groups excluding tert-OH is 14. The second-order valence-electron chi connectivity index (χ2n) is 29.9. The lowest BCUT2D eigenvalue weighted by Gasteiger charge is -2.63. The first-order chi connectivity index (χ1) is 45.8. The van der Waals surface area contributed by atoms with E-state index in [1.54, 1.807) is 0 Å². The summed E-state index contributed by atoms with van der Waals surface area (Å²) in [5, 5.41) is 156. The lowest BCUT2D eigenvalue weighted by molar-refractivity contribution is -0.394. The quantitative estimate of drug-likeness (QED) is 0.0294. The van der Waals surface area contributed by atoms with Gasteiger partial charge < -0.3 is 147 Å². The molecule has 10 fully saturated rings. The Kier molecular flexibility index (Phi) is 22.7. The molecule has 32 nitrogen and oxygen atoms in total. The highest BCUT2D eigenvalue weighted by molar-refractivity contribution is 5.99. The molecule has 7 aliphatic heterocycles. The molecule has 0 aromatic heterocycles. The first kappa shape index (κ1) is 75.6. The van der Waals surface area contributed by atoms with E-state index in [2.05, 4.69) is 33.8 Å².